The number of Topliss-reactive ketones (excluding diaryl/α,β-unsaturated/α-hetero) is 1. The number of fused-ring (bicyclic) bond motifs is 1. The Balaban J connectivity index is 1.78. The predicted octanol–water partition coefficient (Wildman–Crippen LogP) is 4.41. The fourth-order valence-corrected chi connectivity index (χ4v) is 3.16. The van der Waals surface area contributed by atoms with E-state index in [1.807, 2.05) is 85.8 Å². The molecule has 128 valence electrons. The van der Waals surface area contributed by atoms with Crippen molar-refractivity contribution in [2.75, 3.05) is 0 Å². The Hall–Kier alpha value is -3.27. The van der Waals surface area contributed by atoms with E-state index in [-0.39, 0.29) is 5.78 Å². The Kier molecular flexibility index (Phi) is 4.32. The standard InChI is InChI=1S/C22H19N3O/c1-16-11-13-18(14-12-16)22(26)21(15-17-7-3-2-4-8-17)25-20-10-6-5-9-19(20)23-24-25/h2-14,21H,15H2,1H3. The third kappa shape index (κ3) is 3.14. The molecule has 0 fully saturated rings. The summed E-state index contributed by atoms with van der Waals surface area (Å²) in [6.07, 6.45) is 0.570. The Morgan fingerprint density at radius 3 is 2.38 bits per heavy atom. The molecule has 0 bridgehead atoms. The molecule has 1 atom stereocenters. The van der Waals surface area contributed by atoms with Gasteiger partial charge in [0.2, 0.25) is 0 Å². The maximum Gasteiger partial charge on any atom is 0.187 e. The van der Waals surface area contributed by atoms with Gasteiger partial charge in [-0.2, -0.15) is 0 Å². The molecular weight excluding hydrogens is 322 g/mol. The largest absolute Gasteiger partial charge is 0.292 e. The highest BCUT2D eigenvalue weighted by molar-refractivity contribution is 5.99. The van der Waals surface area contributed by atoms with Gasteiger partial charge >= 0.3 is 0 Å². The molecule has 0 radical (unpaired) electrons. The van der Waals surface area contributed by atoms with Gasteiger partial charge in [-0.1, -0.05) is 77.5 Å². The maximum atomic E-state index is 13.3. The summed E-state index contributed by atoms with van der Waals surface area (Å²) < 4.78 is 1.75. The number of aromatic nitrogens is 3. The normalized spacial score (nSPS) is 12.2. The number of carbonyl (C=O) groups is 1. The molecule has 0 amide bonds. The van der Waals surface area contributed by atoms with Gasteiger partial charge in [-0.3, -0.25) is 4.79 Å². The highest BCUT2D eigenvalue weighted by Crippen LogP contribution is 2.23. The number of aryl methyl sites for hydroxylation is 1. The summed E-state index contributed by atoms with van der Waals surface area (Å²) >= 11 is 0. The van der Waals surface area contributed by atoms with E-state index in [1.54, 1.807) is 4.68 Å². The molecule has 1 heterocycles. The van der Waals surface area contributed by atoms with Crippen LogP contribution >= 0.6 is 0 Å². The highest BCUT2D eigenvalue weighted by Gasteiger charge is 2.25. The second-order valence-corrected chi connectivity index (χ2v) is 6.46. The number of hydrogen-bond donors (Lipinski definition) is 0. The summed E-state index contributed by atoms with van der Waals surface area (Å²) in [5.74, 6) is 0.0458. The zero-order chi connectivity index (χ0) is 17.9. The number of benzene rings is 3. The van der Waals surface area contributed by atoms with Gasteiger partial charge in [0, 0.05) is 12.0 Å². The van der Waals surface area contributed by atoms with E-state index < -0.39 is 6.04 Å². The predicted molar refractivity (Wildman–Crippen MR) is 102 cm³/mol. The minimum absolute atomic E-state index is 0.0458. The first kappa shape index (κ1) is 16.2. The smallest absolute Gasteiger partial charge is 0.187 e. The number of para-hydroxylation sites is 1. The van der Waals surface area contributed by atoms with Gasteiger partial charge in [-0.05, 0) is 24.6 Å². The number of rotatable bonds is 5. The Morgan fingerprint density at radius 2 is 1.62 bits per heavy atom. The van der Waals surface area contributed by atoms with Crippen LogP contribution in [-0.2, 0) is 6.42 Å². The third-order valence-corrected chi connectivity index (χ3v) is 4.58. The lowest BCUT2D eigenvalue weighted by Gasteiger charge is -2.17. The maximum absolute atomic E-state index is 13.3. The van der Waals surface area contributed by atoms with Crippen LogP contribution in [0, 0.1) is 6.92 Å². The van der Waals surface area contributed by atoms with Crippen LogP contribution in [0.3, 0.4) is 0 Å². The first-order valence-corrected chi connectivity index (χ1v) is 8.67. The average molecular weight is 341 g/mol. The molecule has 0 N–H and O–H groups in total. The zero-order valence-electron chi connectivity index (χ0n) is 14.5. The molecule has 4 nitrogen and oxygen atoms in total. The topological polar surface area (TPSA) is 47.8 Å². The van der Waals surface area contributed by atoms with Crippen LogP contribution in [0.2, 0.25) is 0 Å². The lowest BCUT2D eigenvalue weighted by atomic mass is 9.97. The molecule has 1 unspecified atom stereocenters. The molecule has 0 saturated carbocycles. The quantitative estimate of drug-likeness (QED) is 0.505. The van der Waals surface area contributed by atoms with Gasteiger partial charge in [-0.15, -0.1) is 5.10 Å². The van der Waals surface area contributed by atoms with E-state index in [0.29, 0.717) is 12.0 Å². The van der Waals surface area contributed by atoms with Crippen molar-refractivity contribution in [1.82, 2.24) is 15.0 Å². The summed E-state index contributed by atoms with van der Waals surface area (Å²) in [6.45, 7) is 2.01. The summed E-state index contributed by atoms with van der Waals surface area (Å²) in [6, 6.07) is 25.0. The Bertz CT molecular complexity index is 1040. The van der Waals surface area contributed by atoms with E-state index in [4.69, 9.17) is 0 Å². The molecule has 0 aliphatic rings. The summed E-state index contributed by atoms with van der Waals surface area (Å²) in [7, 11) is 0. The summed E-state index contributed by atoms with van der Waals surface area (Å²) in [5.41, 5.74) is 4.58. The second-order valence-electron chi connectivity index (χ2n) is 6.46. The number of carbonyl (C=O) groups excluding carboxylic acids is 1. The van der Waals surface area contributed by atoms with Crippen molar-refractivity contribution in [3.8, 4) is 0 Å². The average Bonchev–Trinajstić information content (AvgIpc) is 3.11. The first-order valence-electron chi connectivity index (χ1n) is 8.67. The molecule has 4 rings (SSSR count). The van der Waals surface area contributed by atoms with Crippen LogP contribution in [0.15, 0.2) is 78.9 Å². The van der Waals surface area contributed by atoms with Crippen LogP contribution in [0.4, 0.5) is 0 Å². The second kappa shape index (κ2) is 6.92. The number of ketones is 1. The first-order chi connectivity index (χ1) is 12.7. The lowest BCUT2D eigenvalue weighted by Crippen LogP contribution is -2.23. The van der Waals surface area contributed by atoms with Crippen molar-refractivity contribution in [3.63, 3.8) is 0 Å². The number of hydrogen-bond acceptors (Lipinski definition) is 3. The van der Waals surface area contributed by atoms with Gasteiger partial charge in [-0.25, -0.2) is 4.68 Å². The Morgan fingerprint density at radius 1 is 0.923 bits per heavy atom. The fourth-order valence-electron chi connectivity index (χ4n) is 3.16. The molecule has 0 saturated heterocycles. The minimum atomic E-state index is -0.437. The van der Waals surface area contributed by atoms with Gasteiger partial charge in [0.25, 0.3) is 0 Å². The van der Waals surface area contributed by atoms with Gasteiger partial charge in [0.15, 0.2) is 5.78 Å². The van der Waals surface area contributed by atoms with E-state index in [9.17, 15) is 4.79 Å². The highest BCUT2D eigenvalue weighted by atomic mass is 16.1. The lowest BCUT2D eigenvalue weighted by molar-refractivity contribution is 0.0918. The van der Waals surface area contributed by atoms with Crippen LogP contribution in [0.1, 0.15) is 27.5 Å². The van der Waals surface area contributed by atoms with Crippen LogP contribution in [0.25, 0.3) is 11.0 Å². The third-order valence-electron chi connectivity index (χ3n) is 4.58. The molecule has 4 aromatic rings. The van der Waals surface area contributed by atoms with Crippen LogP contribution < -0.4 is 0 Å². The minimum Gasteiger partial charge on any atom is -0.292 e. The molecule has 26 heavy (non-hydrogen) atoms. The van der Waals surface area contributed by atoms with Crippen molar-refractivity contribution >= 4 is 16.8 Å². The van der Waals surface area contributed by atoms with Crippen molar-refractivity contribution in [2.45, 2.75) is 19.4 Å². The molecule has 3 aromatic carbocycles. The van der Waals surface area contributed by atoms with E-state index >= 15 is 0 Å². The molecule has 4 heteroatoms. The van der Waals surface area contributed by atoms with Gasteiger partial charge < -0.3 is 0 Å². The van der Waals surface area contributed by atoms with E-state index in [1.165, 1.54) is 0 Å². The number of nitrogens with zero attached hydrogens (tertiary/aromatic N) is 3. The van der Waals surface area contributed by atoms with Crippen molar-refractivity contribution in [3.05, 3.63) is 95.6 Å². The van der Waals surface area contributed by atoms with E-state index in [2.05, 4.69) is 10.3 Å². The summed E-state index contributed by atoms with van der Waals surface area (Å²) in [5, 5.41) is 8.53. The Labute approximate surface area is 152 Å². The van der Waals surface area contributed by atoms with Crippen molar-refractivity contribution in [2.24, 2.45) is 0 Å². The van der Waals surface area contributed by atoms with Gasteiger partial charge in [0.05, 0.1) is 5.52 Å². The molecule has 1 aromatic heterocycles. The van der Waals surface area contributed by atoms with E-state index in [0.717, 1.165) is 22.2 Å². The fraction of sp³-hybridized carbons (Fsp3) is 0.136. The monoisotopic (exact) mass is 341 g/mol. The molecule has 0 aliphatic heterocycles. The summed E-state index contributed by atoms with van der Waals surface area (Å²) in [4.78, 5) is 13.3. The zero-order valence-corrected chi connectivity index (χ0v) is 14.5. The molecule has 0 aliphatic carbocycles. The van der Waals surface area contributed by atoms with Gasteiger partial charge in [0.1, 0.15) is 11.6 Å². The van der Waals surface area contributed by atoms with Crippen LogP contribution in [-0.4, -0.2) is 20.8 Å². The molecular formula is C22H19N3O. The van der Waals surface area contributed by atoms with Crippen LogP contribution in [0.5, 0.6) is 0 Å². The SMILES string of the molecule is Cc1ccc(C(=O)C(Cc2ccccc2)n2nnc3ccccc32)cc1. The van der Waals surface area contributed by atoms with Crippen molar-refractivity contribution in [1.29, 1.82) is 0 Å². The van der Waals surface area contributed by atoms with Crippen molar-refractivity contribution < 1.29 is 4.79 Å². The molecule has 0 spiro atoms.